The number of hydrogen-bond donors (Lipinski definition) is 0. The molecule has 0 nitrogen and oxygen atoms in total. The van der Waals surface area contributed by atoms with Crippen molar-refractivity contribution in [3.8, 4) is 12.0 Å². The third-order valence-electron chi connectivity index (χ3n) is 0.204. The van der Waals surface area contributed by atoms with Crippen molar-refractivity contribution in [1.82, 2.24) is 0 Å². The van der Waals surface area contributed by atoms with Crippen LogP contribution in [0.1, 0.15) is 0 Å². The van der Waals surface area contributed by atoms with E-state index in [2.05, 4.69) is 0 Å². The first-order valence-corrected chi connectivity index (χ1v) is 8.10. The molecule has 0 aliphatic heterocycles. The largest absolute Gasteiger partial charge is 0.163 e. The molecule has 0 atom stereocenters. The smallest absolute Gasteiger partial charge is 0.126 e. The van der Waals surface area contributed by atoms with Gasteiger partial charge in [-0.1, -0.05) is 0 Å². The molecule has 0 bridgehead atoms. The molecule has 0 heterocycles. The fourth-order valence-electron chi connectivity index (χ4n) is 0.0589. The Hall–Kier alpha value is 0.211. The molecule has 0 radical (unpaired) electrons. The second-order valence-corrected chi connectivity index (χ2v) is 8.45. The molecule has 0 unspecified atom stereocenters. The zero-order chi connectivity index (χ0) is 4.12. The lowest BCUT2D eigenvalue weighted by Crippen LogP contribution is -1.89. The van der Waals surface area contributed by atoms with Crippen molar-refractivity contribution in [2.75, 3.05) is 0 Å². The first kappa shape index (κ1) is 5.21. The Morgan fingerprint density at radius 1 is 1.20 bits per heavy atom. The van der Waals surface area contributed by atoms with Gasteiger partial charge in [0.15, 0.2) is 0 Å². The molecule has 0 aromatic heterocycles. The van der Waals surface area contributed by atoms with Gasteiger partial charge >= 0.3 is 0 Å². The van der Waals surface area contributed by atoms with E-state index in [9.17, 15) is 0 Å². The maximum Gasteiger partial charge on any atom is 0.126 e. The van der Waals surface area contributed by atoms with Gasteiger partial charge in [-0.15, -0.1) is 0 Å². The van der Waals surface area contributed by atoms with Gasteiger partial charge in [0.2, 0.25) is 0 Å². The van der Waals surface area contributed by atoms with Crippen LogP contribution >= 0.6 is 0 Å². The van der Waals surface area contributed by atoms with Crippen LogP contribution in [0.15, 0.2) is 0 Å². The van der Waals surface area contributed by atoms with E-state index >= 15 is 0 Å². The van der Waals surface area contributed by atoms with Gasteiger partial charge in [-0.3, -0.25) is 0 Å². The third kappa shape index (κ3) is 4.21. The van der Waals surface area contributed by atoms with E-state index in [1.807, 2.05) is 0 Å². The first-order chi connectivity index (χ1) is 2.41. The molecular weight excluding hydrogens is 108 g/mol. The van der Waals surface area contributed by atoms with Crippen molar-refractivity contribution >= 4 is 25.5 Å². The van der Waals surface area contributed by atoms with Gasteiger partial charge in [0.25, 0.3) is 0 Å². The highest BCUT2D eigenvalue weighted by molar-refractivity contribution is 7.22. The standard InChI is InChI=1S/C2H4Si3/c1-3-5-4-2/h1-2H,5H2. The molecule has 0 spiro atoms. The van der Waals surface area contributed by atoms with E-state index in [0.717, 1.165) is 0 Å². The number of hydrogen-bond acceptors (Lipinski definition) is 0. The molecule has 5 heavy (non-hydrogen) atoms. The van der Waals surface area contributed by atoms with Crippen molar-refractivity contribution in [1.29, 1.82) is 0 Å². The van der Waals surface area contributed by atoms with Gasteiger partial charge in [0.05, 0.1) is 0 Å². The molecule has 24 valence electrons. The lowest BCUT2D eigenvalue weighted by atomic mass is 12.0. The fraction of sp³-hybridized carbons (Fsp3) is 0. The summed E-state index contributed by atoms with van der Waals surface area (Å²) in [4.78, 5) is 0. The summed E-state index contributed by atoms with van der Waals surface area (Å²) in [7, 11) is 1.41. The summed E-state index contributed by atoms with van der Waals surface area (Å²) in [5, 5.41) is 0. The van der Waals surface area contributed by atoms with Gasteiger partial charge < -0.3 is 0 Å². The van der Waals surface area contributed by atoms with Crippen molar-refractivity contribution in [2.45, 2.75) is 0 Å². The van der Waals surface area contributed by atoms with Crippen molar-refractivity contribution < 1.29 is 0 Å². The van der Waals surface area contributed by atoms with E-state index in [1.54, 1.807) is 0 Å². The fourth-order valence-corrected chi connectivity index (χ4v) is 1.59. The summed E-state index contributed by atoms with van der Waals surface area (Å²) in [6.07, 6.45) is 0. The molecule has 3 heteroatoms. The molecular formula is C2H4Si3. The quantitative estimate of drug-likeness (QED) is 0.337. The summed E-state index contributed by atoms with van der Waals surface area (Å²) in [5.74, 6) is 0. The Bertz CT molecular complexity index is 70.0. The van der Waals surface area contributed by atoms with Gasteiger partial charge in [-0.25, -0.2) is 0 Å². The molecule has 0 aliphatic carbocycles. The molecule has 0 fully saturated rings. The van der Waals surface area contributed by atoms with E-state index < -0.39 is 0 Å². The van der Waals surface area contributed by atoms with Gasteiger partial charge in [0.1, 0.15) is 8.55 Å². The van der Waals surface area contributed by atoms with E-state index in [1.165, 1.54) is 0 Å². The number of rotatable bonds is 0. The summed E-state index contributed by atoms with van der Waals surface area (Å²) >= 11 is 0. The van der Waals surface area contributed by atoms with Crippen molar-refractivity contribution in [3.05, 3.63) is 0 Å². The SMILES string of the molecule is C#[Si][SiH2][Si]#C. The maximum absolute atomic E-state index is 5.16. The lowest BCUT2D eigenvalue weighted by Gasteiger charge is -1.51. The molecule has 0 saturated carbocycles. The molecule has 0 rings (SSSR count). The molecule has 0 aliphatic rings. The van der Waals surface area contributed by atoms with E-state index in [0.29, 0.717) is 17.0 Å². The normalized spacial score (nSPS) is 4.40. The highest BCUT2D eigenvalue weighted by Gasteiger charge is 1.56. The van der Waals surface area contributed by atoms with Crippen LogP contribution in [0, 0.1) is 12.0 Å². The van der Waals surface area contributed by atoms with E-state index in [4.69, 9.17) is 12.0 Å². The Kier molecular flexibility index (Phi) is 4.39. The highest BCUT2D eigenvalue weighted by Crippen LogP contribution is 1.18. The topological polar surface area (TPSA) is 0 Å². The van der Waals surface area contributed by atoms with Crippen LogP contribution in [0.4, 0.5) is 0 Å². The van der Waals surface area contributed by atoms with Crippen LogP contribution in [-0.2, 0) is 0 Å². The minimum atomic E-state index is 0.0432. The molecule has 0 aromatic carbocycles. The van der Waals surface area contributed by atoms with Gasteiger partial charge in [0, 0.05) is 0 Å². The maximum atomic E-state index is 5.16. The van der Waals surface area contributed by atoms with Crippen molar-refractivity contribution in [3.63, 3.8) is 0 Å². The van der Waals surface area contributed by atoms with E-state index in [-0.39, 0.29) is 8.55 Å². The summed E-state index contributed by atoms with van der Waals surface area (Å²) in [5.41, 5.74) is 0. The van der Waals surface area contributed by atoms with Crippen LogP contribution < -0.4 is 0 Å². The average molecular weight is 112 g/mol. The van der Waals surface area contributed by atoms with Crippen molar-refractivity contribution in [2.24, 2.45) is 0 Å². The molecule has 0 saturated heterocycles. The van der Waals surface area contributed by atoms with Crippen LogP contribution in [0.5, 0.6) is 0 Å². The Labute approximate surface area is 38.2 Å². The van der Waals surface area contributed by atoms with Gasteiger partial charge in [-0.05, 0) is 17.0 Å². The second-order valence-electron chi connectivity index (χ2n) is 0.585. The third-order valence-corrected chi connectivity index (χ3v) is 5.51. The second kappa shape index (κ2) is 4.21. The van der Waals surface area contributed by atoms with Crippen LogP contribution in [0.3, 0.4) is 0 Å². The lowest BCUT2D eigenvalue weighted by molar-refractivity contribution is 3.61. The van der Waals surface area contributed by atoms with Crippen LogP contribution in [0.2, 0.25) is 0 Å². The van der Waals surface area contributed by atoms with Crippen LogP contribution in [-0.4, -0.2) is 25.5 Å². The molecule has 0 aromatic rings. The predicted octanol–water partition coefficient (Wildman–Crippen LogP) is -1.43. The van der Waals surface area contributed by atoms with Crippen LogP contribution in [0.25, 0.3) is 0 Å². The zero-order valence-electron chi connectivity index (χ0n) is 2.86. The molecule has 0 amide bonds. The Morgan fingerprint density at radius 2 is 1.60 bits per heavy atom. The minimum Gasteiger partial charge on any atom is -0.163 e. The first-order valence-electron chi connectivity index (χ1n) is 1.28. The Morgan fingerprint density at radius 3 is 1.60 bits per heavy atom. The average Bonchev–Trinajstić information content (AvgIpc) is 1.41. The summed E-state index contributed by atoms with van der Waals surface area (Å²) < 4.78 is 0. The highest BCUT2D eigenvalue weighted by atomic mass is 29.5. The predicted molar refractivity (Wildman–Crippen MR) is 29.9 cm³/mol. The summed E-state index contributed by atoms with van der Waals surface area (Å²) in [6, 6.07) is 10.3. The monoisotopic (exact) mass is 112 g/mol. The van der Waals surface area contributed by atoms with Gasteiger partial charge in [-0.2, -0.15) is 12.0 Å². The minimum absolute atomic E-state index is 0.0432. The zero-order valence-corrected chi connectivity index (χ0v) is 6.28. The Balaban J connectivity index is 2.86. The summed E-state index contributed by atoms with van der Waals surface area (Å²) in [6.45, 7) is 0. The molecule has 0 N–H and O–H groups in total.